The molecule has 0 bridgehead atoms. The highest BCUT2D eigenvalue weighted by molar-refractivity contribution is 7.89. The Bertz CT molecular complexity index is 836. The molecule has 2 aromatic rings. The number of hydrogen-bond acceptors (Lipinski definition) is 4. The van der Waals surface area contributed by atoms with E-state index in [1.807, 2.05) is 0 Å². The minimum absolute atomic E-state index is 0.0696. The number of ether oxygens (including phenoxy) is 1. The smallest absolute Gasteiger partial charge is 0.214 e. The summed E-state index contributed by atoms with van der Waals surface area (Å²) in [6.45, 7) is 2.24. The van der Waals surface area contributed by atoms with Gasteiger partial charge in [-0.15, -0.1) is 0 Å². The number of methoxy groups -OCH3 is 1. The van der Waals surface area contributed by atoms with E-state index in [9.17, 15) is 17.2 Å². The van der Waals surface area contributed by atoms with Gasteiger partial charge in [-0.1, -0.05) is 24.3 Å². The molecule has 0 aliphatic carbocycles. The molecule has 0 spiro atoms. The second kappa shape index (κ2) is 9.75. The summed E-state index contributed by atoms with van der Waals surface area (Å²) in [5, 5.41) is 0. The Morgan fingerprint density at radius 3 is 1.83 bits per heavy atom. The van der Waals surface area contributed by atoms with Crippen LogP contribution in [0.1, 0.15) is 23.6 Å². The van der Waals surface area contributed by atoms with Crippen molar-refractivity contribution in [2.24, 2.45) is 0 Å². The van der Waals surface area contributed by atoms with E-state index in [0.717, 1.165) is 11.1 Å². The Hall–Kier alpha value is -1.87. The lowest BCUT2D eigenvalue weighted by molar-refractivity contribution is 0.155. The van der Waals surface area contributed by atoms with Crippen molar-refractivity contribution in [3.8, 4) is 0 Å². The molecule has 0 saturated carbocycles. The molecular weight excluding hydrogens is 398 g/mol. The van der Waals surface area contributed by atoms with Gasteiger partial charge in [0.25, 0.3) is 0 Å². The summed E-state index contributed by atoms with van der Waals surface area (Å²) in [4.78, 5) is 2.15. The van der Waals surface area contributed by atoms with Crippen molar-refractivity contribution in [1.82, 2.24) is 9.21 Å². The predicted octanol–water partition coefficient (Wildman–Crippen LogP) is 3.04. The molecule has 1 aliphatic rings. The second-order valence-electron chi connectivity index (χ2n) is 7.10. The number of nitrogens with zero attached hydrogens (tertiary/aromatic N) is 2. The third kappa shape index (κ3) is 5.60. The average Bonchev–Trinajstić information content (AvgIpc) is 2.71. The van der Waals surface area contributed by atoms with E-state index in [4.69, 9.17) is 4.74 Å². The first-order valence-electron chi connectivity index (χ1n) is 9.62. The summed E-state index contributed by atoms with van der Waals surface area (Å²) in [6, 6.07) is 12.3. The van der Waals surface area contributed by atoms with Crippen molar-refractivity contribution in [3.05, 3.63) is 71.3 Å². The van der Waals surface area contributed by atoms with Gasteiger partial charge in [-0.3, -0.25) is 4.90 Å². The lowest BCUT2D eigenvalue weighted by Gasteiger charge is -2.39. The molecule has 2 aromatic carbocycles. The maximum atomic E-state index is 13.4. The van der Waals surface area contributed by atoms with Crippen LogP contribution in [0.15, 0.2) is 48.5 Å². The SMILES string of the molecule is COCCCS(=O)(=O)N1CCN(C(c2ccc(F)cc2)c2ccc(F)cc2)CC1. The number of halogens is 2. The molecular formula is C21H26F2N2O3S. The standard InChI is InChI=1S/C21H26F2N2O3S/c1-28-15-2-16-29(26,27)25-13-11-24(12-14-25)21(17-3-7-19(22)8-4-17)18-5-9-20(23)10-6-18/h3-10,21H,2,11-16H2,1H3. The Morgan fingerprint density at radius 1 is 0.897 bits per heavy atom. The molecule has 0 aromatic heterocycles. The Labute approximate surface area is 170 Å². The fourth-order valence-electron chi connectivity index (χ4n) is 3.66. The average molecular weight is 425 g/mol. The first-order valence-corrected chi connectivity index (χ1v) is 11.2. The Morgan fingerprint density at radius 2 is 1.38 bits per heavy atom. The van der Waals surface area contributed by atoms with Gasteiger partial charge in [0.2, 0.25) is 10.0 Å². The summed E-state index contributed by atoms with van der Waals surface area (Å²) in [5.74, 6) is -0.572. The van der Waals surface area contributed by atoms with E-state index in [2.05, 4.69) is 4.90 Å². The highest BCUT2D eigenvalue weighted by atomic mass is 32.2. The molecule has 0 N–H and O–H groups in total. The number of benzene rings is 2. The lowest BCUT2D eigenvalue weighted by atomic mass is 9.96. The van der Waals surface area contributed by atoms with Gasteiger partial charge in [0.15, 0.2) is 0 Å². The first-order chi connectivity index (χ1) is 13.9. The van der Waals surface area contributed by atoms with E-state index in [-0.39, 0.29) is 23.4 Å². The molecule has 8 heteroatoms. The zero-order valence-corrected chi connectivity index (χ0v) is 17.2. The third-order valence-corrected chi connectivity index (χ3v) is 7.11. The monoisotopic (exact) mass is 424 g/mol. The maximum Gasteiger partial charge on any atom is 0.214 e. The van der Waals surface area contributed by atoms with Gasteiger partial charge in [0, 0.05) is 39.9 Å². The van der Waals surface area contributed by atoms with E-state index in [1.54, 1.807) is 31.4 Å². The van der Waals surface area contributed by atoms with Gasteiger partial charge in [0.1, 0.15) is 11.6 Å². The summed E-state index contributed by atoms with van der Waals surface area (Å²) < 4.78 is 58.3. The normalized spacial score (nSPS) is 16.4. The van der Waals surface area contributed by atoms with Crippen LogP contribution in [0.25, 0.3) is 0 Å². The summed E-state index contributed by atoms with van der Waals surface area (Å²) in [6.07, 6.45) is 0.465. The zero-order valence-electron chi connectivity index (χ0n) is 16.4. The topological polar surface area (TPSA) is 49.9 Å². The fourth-order valence-corrected chi connectivity index (χ4v) is 5.12. The van der Waals surface area contributed by atoms with E-state index in [1.165, 1.54) is 28.6 Å². The molecule has 0 amide bonds. The number of rotatable bonds is 8. The third-order valence-electron chi connectivity index (χ3n) is 5.15. The highest BCUT2D eigenvalue weighted by Gasteiger charge is 2.31. The quantitative estimate of drug-likeness (QED) is 0.612. The largest absolute Gasteiger partial charge is 0.385 e. The van der Waals surface area contributed by atoms with Crippen LogP contribution < -0.4 is 0 Å². The molecule has 1 saturated heterocycles. The van der Waals surface area contributed by atoms with Crippen LogP contribution in [0.5, 0.6) is 0 Å². The lowest BCUT2D eigenvalue weighted by Crippen LogP contribution is -2.50. The summed E-state index contributed by atoms with van der Waals surface area (Å²) in [7, 11) is -1.77. The number of sulfonamides is 1. The van der Waals surface area contributed by atoms with Crippen molar-refractivity contribution in [2.75, 3.05) is 45.6 Å². The van der Waals surface area contributed by atoms with Crippen LogP contribution in [0.4, 0.5) is 8.78 Å². The molecule has 29 heavy (non-hydrogen) atoms. The van der Waals surface area contributed by atoms with Gasteiger partial charge in [-0.05, 0) is 41.8 Å². The van der Waals surface area contributed by atoms with Gasteiger partial charge in [-0.2, -0.15) is 4.31 Å². The Balaban J connectivity index is 1.76. The van der Waals surface area contributed by atoms with Gasteiger partial charge < -0.3 is 4.74 Å². The summed E-state index contributed by atoms with van der Waals surface area (Å²) >= 11 is 0. The van der Waals surface area contributed by atoms with E-state index in [0.29, 0.717) is 39.2 Å². The van der Waals surface area contributed by atoms with Crippen molar-refractivity contribution in [1.29, 1.82) is 0 Å². The minimum Gasteiger partial charge on any atom is -0.385 e. The molecule has 3 rings (SSSR count). The number of piperazine rings is 1. The number of hydrogen-bond donors (Lipinski definition) is 0. The molecule has 5 nitrogen and oxygen atoms in total. The maximum absolute atomic E-state index is 13.4. The highest BCUT2D eigenvalue weighted by Crippen LogP contribution is 2.30. The van der Waals surface area contributed by atoms with E-state index < -0.39 is 10.0 Å². The van der Waals surface area contributed by atoms with Gasteiger partial charge >= 0.3 is 0 Å². The molecule has 0 radical (unpaired) electrons. The molecule has 1 aliphatic heterocycles. The van der Waals surface area contributed by atoms with Crippen molar-refractivity contribution in [2.45, 2.75) is 12.5 Å². The van der Waals surface area contributed by atoms with Crippen LogP contribution in [-0.2, 0) is 14.8 Å². The fraction of sp³-hybridized carbons (Fsp3) is 0.429. The molecule has 0 unspecified atom stereocenters. The summed E-state index contributed by atoms with van der Waals surface area (Å²) in [5.41, 5.74) is 1.77. The van der Waals surface area contributed by atoms with Crippen LogP contribution in [0.2, 0.25) is 0 Å². The van der Waals surface area contributed by atoms with Crippen molar-refractivity contribution < 1.29 is 21.9 Å². The van der Waals surface area contributed by atoms with Crippen LogP contribution in [0.3, 0.4) is 0 Å². The predicted molar refractivity (Wildman–Crippen MR) is 108 cm³/mol. The molecule has 158 valence electrons. The van der Waals surface area contributed by atoms with Crippen molar-refractivity contribution >= 4 is 10.0 Å². The minimum atomic E-state index is -3.32. The van der Waals surface area contributed by atoms with Gasteiger partial charge in [0.05, 0.1) is 11.8 Å². The van der Waals surface area contributed by atoms with Crippen molar-refractivity contribution in [3.63, 3.8) is 0 Å². The molecule has 1 fully saturated rings. The second-order valence-corrected chi connectivity index (χ2v) is 9.19. The zero-order chi connectivity index (χ0) is 20.9. The first kappa shape index (κ1) is 21.8. The van der Waals surface area contributed by atoms with Crippen LogP contribution in [0, 0.1) is 11.6 Å². The Kier molecular flexibility index (Phi) is 7.34. The van der Waals surface area contributed by atoms with Crippen LogP contribution in [-0.4, -0.2) is 63.3 Å². The molecule has 0 atom stereocenters. The van der Waals surface area contributed by atoms with Gasteiger partial charge in [-0.25, -0.2) is 17.2 Å². The molecule has 1 heterocycles. The van der Waals surface area contributed by atoms with Crippen LogP contribution >= 0.6 is 0 Å². The van der Waals surface area contributed by atoms with E-state index >= 15 is 0 Å².